The number of anilines is 1. The van der Waals surface area contributed by atoms with E-state index in [1.54, 1.807) is 12.2 Å². The molecule has 164 valence electrons. The molecule has 5 rings (SSSR count). The van der Waals surface area contributed by atoms with E-state index >= 15 is 0 Å². The number of aromatic nitrogens is 2. The summed E-state index contributed by atoms with van der Waals surface area (Å²) in [6.07, 6.45) is 6.92. The summed E-state index contributed by atoms with van der Waals surface area (Å²) in [5, 5.41) is 4.79. The van der Waals surface area contributed by atoms with E-state index < -0.39 is 0 Å². The smallest absolute Gasteiger partial charge is 0.246 e. The molecule has 2 aromatic carbocycles. The molecule has 0 unspecified atom stereocenters. The van der Waals surface area contributed by atoms with E-state index in [0.717, 1.165) is 48.6 Å². The Bertz CT molecular complexity index is 1110. The molecule has 1 saturated heterocycles. The number of piperazine rings is 1. The Morgan fingerprint density at radius 1 is 1.03 bits per heavy atom. The highest BCUT2D eigenvalue weighted by molar-refractivity contribution is 6.32. The van der Waals surface area contributed by atoms with Crippen LogP contribution in [-0.2, 0) is 4.79 Å². The van der Waals surface area contributed by atoms with E-state index in [4.69, 9.17) is 16.1 Å². The van der Waals surface area contributed by atoms with Crippen molar-refractivity contribution in [1.29, 1.82) is 0 Å². The number of rotatable bonds is 5. The second kappa shape index (κ2) is 9.17. The summed E-state index contributed by atoms with van der Waals surface area (Å²) >= 11 is 6.16. The van der Waals surface area contributed by atoms with E-state index in [1.807, 2.05) is 41.3 Å². The minimum Gasteiger partial charge on any atom is -0.368 e. The van der Waals surface area contributed by atoms with Gasteiger partial charge in [0, 0.05) is 54.4 Å². The Kier molecular flexibility index (Phi) is 5.95. The molecule has 6 nitrogen and oxygen atoms in total. The van der Waals surface area contributed by atoms with Crippen LogP contribution in [-0.4, -0.2) is 47.1 Å². The van der Waals surface area contributed by atoms with Crippen molar-refractivity contribution in [2.24, 2.45) is 0 Å². The number of carbonyl (C=O) groups is 1. The summed E-state index contributed by atoms with van der Waals surface area (Å²) in [6, 6.07) is 15.8. The van der Waals surface area contributed by atoms with Crippen molar-refractivity contribution >= 4 is 29.3 Å². The van der Waals surface area contributed by atoms with E-state index in [2.05, 4.69) is 27.2 Å². The van der Waals surface area contributed by atoms with Gasteiger partial charge in [-0.1, -0.05) is 41.4 Å². The zero-order valence-corrected chi connectivity index (χ0v) is 18.5. The van der Waals surface area contributed by atoms with Crippen LogP contribution in [0.4, 0.5) is 5.69 Å². The number of nitrogens with zero attached hydrogens (tertiary/aromatic N) is 4. The zero-order valence-electron chi connectivity index (χ0n) is 17.8. The van der Waals surface area contributed by atoms with Gasteiger partial charge in [0.2, 0.25) is 17.6 Å². The molecule has 0 N–H and O–H groups in total. The number of halogens is 1. The van der Waals surface area contributed by atoms with Crippen molar-refractivity contribution in [2.45, 2.75) is 25.2 Å². The number of amides is 1. The standard InChI is InChI=1S/C25H25ClN4O2/c26-22-7-2-1-4-18(22)10-13-23(31)30-16-14-29(15-17-30)21-11-8-19(9-12-21)24-27-25(32-28-24)20-5-3-6-20/h1-2,4,7-13,20H,3,5-6,14-17H2/b13-10+. The molecule has 1 aliphatic carbocycles. The molecule has 1 amide bonds. The van der Waals surface area contributed by atoms with Crippen LogP contribution in [0, 0.1) is 0 Å². The van der Waals surface area contributed by atoms with Crippen LogP contribution in [0.3, 0.4) is 0 Å². The van der Waals surface area contributed by atoms with Gasteiger partial charge in [-0.05, 0) is 54.8 Å². The van der Waals surface area contributed by atoms with E-state index in [0.29, 0.717) is 29.9 Å². The van der Waals surface area contributed by atoms with Gasteiger partial charge in [-0.25, -0.2) is 0 Å². The van der Waals surface area contributed by atoms with Gasteiger partial charge < -0.3 is 14.3 Å². The minimum absolute atomic E-state index is 0.0132. The lowest BCUT2D eigenvalue weighted by atomic mass is 9.85. The molecule has 3 aromatic rings. The molecule has 32 heavy (non-hydrogen) atoms. The summed E-state index contributed by atoms with van der Waals surface area (Å²) in [7, 11) is 0. The van der Waals surface area contributed by atoms with Crippen molar-refractivity contribution < 1.29 is 9.32 Å². The summed E-state index contributed by atoms with van der Waals surface area (Å²) in [5.74, 6) is 1.87. The number of hydrogen-bond donors (Lipinski definition) is 0. The van der Waals surface area contributed by atoms with Crippen LogP contribution in [0.2, 0.25) is 5.02 Å². The Morgan fingerprint density at radius 2 is 1.78 bits per heavy atom. The van der Waals surface area contributed by atoms with Crippen molar-refractivity contribution in [3.8, 4) is 11.4 Å². The highest BCUT2D eigenvalue weighted by Crippen LogP contribution is 2.36. The summed E-state index contributed by atoms with van der Waals surface area (Å²) in [6.45, 7) is 2.95. The van der Waals surface area contributed by atoms with Crippen LogP contribution in [0.5, 0.6) is 0 Å². The van der Waals surface area contributed by atoms with Gasteiger partial charge in [0.15, 0.2) is 0 Å². The fourth-order valence-corrected chi connectivity index (χ4v) is 4.26. The van der Waals surface area contributed by atoms with E-state index in [1.165, 1.54) is 6.42 Å². The van der Waals surface area contributed by atoms with Crippen LogP contribution in [0.25, 0.3) is 17.5 Å². The third-order valence-electron chi connectivity index (χ3n) is 6.29. The topological polar surface area (TPSA) is 62.5 Å². The van der Waals surface area contributed by atoms with Crippen LogP contribution < -0.4 is 4.90 Å². The summed E-state index contributed by atoms with van der Waals surface area (Å²) in [5.41, 5.74) is 2.94. The number of hydrogen-bond acceptors (Lipinski definition) is 5. The van der Waals surface area contributed by atoms with E-state index in [-0.39, 0.29) is 5.91 Å². The first-order valence-electron chi connectivity index (χ1n) is 11.1. The number of benzene rings is 2. The first-order chi connectivity index (χ1) is 15.7. The van der Waals surface area contributed by atoms with Crippen LogP contribution in [0.1, 0.15) is 36.6 Å². The van der Waals surface area contributed by atoms with Gasteiger partial charge in [-0.3, -0.25) is 4.79 Å². The predicted molar refractivity (Wildman–Crippen MR) is 126 cm³/mol. The average Bonchev–Trinajstić information content (AvgIpc) is 3.27. The molecule has 0 atom stereocenters. The van der Waals surface area contributed by atoms with Gasteiger partial charge in [-0.15, -0.1) is 0 Å². The molecule has 1 aliphatic heterocycles. The van der Waals surface area contributed by atoms with Crippen molar-refractivity contribution in [2.75, 3.05) is 31.1 Å². The maximum absolute atomic E-state index is 12.6. The summed E-state index contributed by atoms with van der Waals surface area (Å²) in [4.78, 5) is 21.3. The molecule has 0 bridgehead atoms. The van der Waals surface area contributed by atoms with Crippen molar-refractivity contribution in [3.05, 3.63) is 71.1 Å². The van der Waals surface area contributed by atoms with Gasteiger partial charge in [-0.2, -0.15) is 4.98 Å². The Hall–Kier alpha value is -3.12. The molecule has 0 radical (unpaired) electrons. The maximum atomic E-state index is 12.6. The lowest BCUT2D eigenvalue weighted by molar-refractivity contribution is -0.126. The van der Waals surface area contributed by atoms with Crippen molar-refractivity contribution in [3.63, 3.8) is 0 Å². The SMILES string of the molecule is O=C(/C=C/c1ccccc1Cl)N1CCN(c2ccc(-c3noc(C4CCC4)n3)cc2)CC1. The molecule has 1 saturated carbocycles. The predicted octanol–water partition coefficient (Wildman–Crippen LogP) is 5.02. The highest BCUT2D eigenvalue weighted by atomic mass is 35.5. The van der Waals surface area contributed by atoms with Gasteiger partial charge in [0.25, 0.3) is 0 Å². The fourth-order valence-electron chi connectivity index (χ4n) is 4.06. The number of carbonyl (C=O) groups excluding carboxylic acids is 1. The van der Waals surface area contributed by atoms with Gasteiger partial charge >= 0.3 is 0 Å². The molecular weight excluding hydrogens is 424 g/mol. The minimum atomic E-state index is 0.0132. The Balaban J connectivity index is 1.17. The first-order valence-corrected chi connectivity index (χ1v) is 11.5. The van der Waals surface area contributed by atoms with Crippen LogP contribution >= 0.6 is 11.6 Å². The Labute approximate surface area is 192 Å². The van der Waals surface area contributed by atoms with E-state index in [9.17, 15) is 4.79 Å². The molecular formula is C25H25ClN4O2. The quantitative estimate of drug-likeness (QED) is 0.513. The zero-order chi connectivity index (χ0) is 21.9. The maximum Gasteiger partial charge on any atom is 0.246 e. The third kappa shape index (κ3) is 4.41. The van der Waals surface area contributed by atoms with Crippen molar-refractivity contribution in [1.82, 2.24) is 15.0 Å². The van der Waals surface area contributed by atoms with Gasteiger partial charge in [0.1, 0.15) is 0 Å². The largest absolute Gasteiger partial charge is 0.368 e. The molecule has 2 fully saturated rings. The second-order valence-electron chi connectivity index (χ2n) is 8.30. The Morgan fingerprint density at radius 3 is 2.47 bits per heavy atom. The molecule has 1 aromatic heterocycles. The monoisotopic (exact) mass is 448 g/mol. The molecule has 7 heteroatoms. The van der Waals surface area contributed by atoms with Crippen LogP contribution in [0.15, 0.2) is 59.1 Å². The second-order valence-corrected chi connectivity index (χ2v) is 8.71. The normalized spacial score (nSPS) is 17.0. The highest BCUT2D eigenvalue weighted by Gasteiger charge is 2.26. The molecule has 0 spiro atoms. The molecule has 2 heterocycles. The molecule has 2 aliphatic rings. The average molecular weight is 449 g/mol. The lowest BCUT2D eigenvalue weighted by Gasteiger charge is -2.35. The lowest BCUT2D eigenvalue weighted by Crippen LogP contribution is -2.48. The first kappa shape index (κ1) is 20.8. The fraction of sp³-hybridized carbons (Fsp3) is 0.320. The van der Waals surface area contributed by atoms with Gasteiger partial charge in [0.05, 0.1) is 0 Å². The summed E-state index contributed by atoms with van der Waals surface area (Å²) < 4.78 is 5.44. The third-order valence-corrected chi connectivity index (χ3v) is 6.63.